The van der Waals surface area contributed by atoms with E-state index < -0.39 is 21.5 Å². The lowest BCUT2D eigenvalue weighted by molar-refractivity contribution is 0.448. The summed E-state index contributed by atoms with van der Waals surface area (Å²) in [6.07, 6.45) is 0. The second-order valence-electron chi connectivity index (χ2n) is 0.945. The van der Waals surface area contributed by atoms with E-state index in [-0.39, 0.29) is 0 Å². The van der Waals surface area contributed by atoms with Gasteiger partial charge in [0.2, 0.25) is 0 Å². The van der Waals surface area contributed by atoms with Gasteiger partial charge >= 0.3 is 21.5 Å². The zero-order chi connectivity index (χ0) is 7.49. The van der Waals surface area contributed by atoms with Gasteiger partial charge in [-0.25, -0.2) is 0 Å². The molecule has 9 heavy (non-hydrogen) atoms. The number of hydrogen-bond donors (Lipinski definition) is 1. The summed E-state index contributed by atoms with van der Waals surface area (Å²) >= 11 is -2.79. The van der Waals surface area contributed by atoms with E-state index in [0.29, 0.717) is 5.41 Å². The zero-order valence-corrected chi connectivity index (χ0v) is 5.81. The lowest BCUT2D eigenvalue weighted by Gasteiger charge is -1.89. The predicted molar refractivity (Wildman–Crippen MR) is 31.0 cm³/mol. The minimum absolute atomic E-state index is 0.432. The van der Waals surface area contributed by atoms with Crippen LogP contribution in [0.2, 0.25) is 0 Å². The monoisotopic (exact) mass is 172 g/mol. The minimum atomic E-state index is -4.01. The first-order valence-corrected chi connectivity index (χ1v) is 4.16. The summed E-state index contributed by atoms with van der Waals surface area (Å²) in [5.41, 5.74) is 0. The standard InChI is InChI=1S/C2H4O5S2/c1-2-9(5,6)7-8(3)4/h2H,1H2,(H,3,4). The third-order valence-electron chi connectivity index (χ3n) is 0.357. The average molecular weight is 172 g/mol. The van der Waals surface area contributed by atoms with Crippen molar-refractivity contribution in [2.45, 2.75) is 0 Å². The predicted octanol–water partition coefficient (Wildman–Crippen LogP) is -0.387. The summed E-state index contributed by atoms with van der Waals surface area (Å²) in [5, 5.41) is 0.432. The Bertz CT molecular complexity index is 213. The lowest BCUT2D eigenvalue weighted by atomic mass is 11.3. The third-order valence-corrected chi connectivity index (χ3v) is 1.99. The maximum Gasteiger partial charge on any atom is 0.317 e. The van der Waals surface area contributed by atoms with E-state index in [1.54, 1.807) is 0 Å². The molecule has 0 saturated carbocycles. The molecule has 7 heteroatoms. The van der Waals surface area contributed by atoms with Gasteiger partial charge in [-0.1, -0.05) is 6.58 Å². The molecule has 0 fully saturated rings. The summed E-state index contributed by atoms with van der Waals surface area (Å²) < 4.78 is 41.2. The van der Waals surface area contributed by atoms with Gasteiger partial charge in [-0.3, -0.25) is 4.55 Å². The van der Waals surface area contributed by atoms with Gasteiger partial charge in [-0.05, 0) is 0 Å². The van der Waals surface area contributed by atoms with Crippen LogP contribution in [0.4, 0.5) is 0 Å². The molecule has 0 amide bonds. The molecule has 0 aliphatic heterocycles. The second-order valence-corrected chi connectivity index (χ2v) is 3.24. The van der Waals surface area contributed by atoms with Gasteiger partial charge in [0, 0.05) is 0 Å². The van der Waals surface area contributed by atoms with E-state index in [1.807, 2.05) is 0 Å². The van der Waals surface area contributed by atoms with Crippen LogP contribution in [0.1, 0.15) is 0 Å². The van der Waals surface area contributed by atoms with Crippen LogP contribution in [0.15, 0.2) is 12.0 Å². The van der Waals surface area contributed by atoms with Crippen molar-refractivity contribution in [3.63, 3.8) is 0 Å². The Labute approximate surface area is 54.9 Å². The molecule has 0 aromatic heterocycles. The normalized spacial score (nSPS) is 14.8. The van der Waals surface area contributed by atoms with Crippen molar-refractivity contribution < 1.29 is 20.8 Å². The Kier molecular flexibility index (Phi) is 2.98. The third kappa shape index (κ3) is 4.28. The van der Waals surface area contributed by atoms with E-state index in [9.17, 15) is 12.6 Å². The first-order valence-electron chi connectivity index (χ1n) is 1.66. The van der Waals surface area contributed by atoms with Gasteiger partial charge in [0.25, 0.3) is 0 Å². The van der Waals surface area contributed by atoms with E-state index in [1.165, 1.54) is 0 Å². The molecular weight excluding hydrogens is 168 g/mol. The van der Waals surface area contributed by atoms with Crippen molar-refractivity contribution in [3.05, 3.63) is 12.0 Å². The topological polar surface area (TPSA) is 80.7 Å². The van der Waals surface area contributed by atoms with Gasteiger partial charge in [0.05, 0.1) is 5.41 Å². The fourth-order valence-corrected chi connectivity index (χ4v) is 0.980. The molecule has 0 aromatic carbocycles. The highest BCUT2D eigenvalue weighted by atomic mass is 32.3. The molecular formula is C2H4O5S2. The maximum atomic E-state index is 10.1. The van der Waals surface area contributed by atoms with Crippen LogP contribution in [0, 0.1) is 0 Å². The molecule has 0 aliphatic rings. The molecule has 0 aromatic rings. The Morgan fingerprint density at radius 1 is 1.67 bits per heavy atom. The molecule has 5 nitrogen and oxygen atoms in total. The molecule has 1 unspecified atom stereocenters. The fraction of sp³-hybridized carbons (Fsp3) is 0. The number of hydrogen-bond acceptors (Lipinski definition) is 4. The molecule has 1 atom stereocenters. The summed E-state index contributed by atoms with van der Waals surface area (Å²) in [7, 11) is -4.01. The molecule has 0 radical (unpaired) electrons. The van der Waals surface area contributed by atoms with Gasteiger partial charge in [0.15, 0.2) is 0 Å². The van der Waals surface area contributed by atoms with Crippen LogP contribution < -0.4 is 0 Å². The first-order chi connectivity index (χ1) is 3.98. The van der Waals surface area contributed by atoms with E-state index in [2.05, 4.69) is 10.2 Å². The summed E-state index contributed by atoms with van der Waals surface area (Å²) in [4.78, 5) is 0. The van der Waals surface area contributed by atoms with Gasteiger partial charge in [-0.15, -0.1) is 3.63 Å². The largest absolute Gasteiger partial charge is 0.317 e. The van der Waals surface area contributed by atoms with Crippen molar-refractivity contribution in [2.75, 3.05) is 0 Å². The number of rotatable bonds is 3. The van der Waals surface area contributed by atoms with Crippen molar-refractivity contribution >= 4 is 21.5 Å². The smallest absolute Gasteiger partial charge is 0.283 e. The van der Waals surface area contributed by atoms with E-state index >= 15 is 0 Å². The Hall–Kier alpha value is -0.240. The van der Waals surface area contributed by atoms with Crippen LogP contribution in [0.5, 0.6) is 0 Å². The zero-order valence-electron chi connectivity index (χ0n) is 4.18. The minimum Gasteiger partial charge on any atom is -0.283 e. The van der Waals surface area contributed by atoms with Crippen LogP contribution in [0.3, 0.4) is 0 Å². The Morgan fingerprint density at radius 3 is 2.22 bits per heavy atom. The van der Waals surface area contributed by atoms with E-state index in [4.69, 9.17) is 4.55 Å². The van der Waals surface area contributed by atoms with Crippen LogP contribution >= 0.6 is 0 Å². The van der Waals surface area contributed by atoms with Crippen molar-refractivity contribution in [2.24, 2.45) is 0 Å². The lowest BCUT2D eigenvalue weighted by Crippen LogP contribution is -2.02. The first kappa shape index (κ1) is 8.76. The fourth-order valence-electron chi connectivity index (χ4n) is 0.109. The SMILES string of the molecule is C=CS(=O)(=O)OS(=O)O. The Balaban J connectivity index is 4.23. The average Bonchev–Trinajstić information content (AvgIpc) is 1.63. The van der Waals surface area contributed by atoms with Crippen molar-refractivity contribution in [1.82, 2.24) is 0 Å². The molecule has 54 valence electrons. The molecule has 0 bridgehead atoms. The molecule has 0 saturated heterocycles. The second kappa shape index (κ2) is 3.06. The highest BCUT2D eigenvalue weighted by molar-refractivity contribution is 7.97. The van der Waals surface area contributed by atoms with Crippen molar-refractivity contribution in [3.8, 4) is 0 Å². The summed E-state index contributed by atoms with van der Waals surface area (Å²) in [6.45, 7) is 2.83. The molecule has 0 heterocycles. The van der Waals surface area contributed by atoms with Crippen LogP contribution in [-0.2, 0) is 25.1 Å². The van der Waals surface area contributed by atoms with Gasteiger partial charge < -0.3 is 0 Å². The summed E-state index contributed by atoms with van der Waals surface area (Å²) in [6, 6.07) is 0. The maximum absolute atomic E-state index is 10.1. The van der Waals surface area contributed by atoms with Crippen LogP contribution in [-0.4, -0.2) is 17.2 Å². The van der Waals surface area contributed by atoms with Gasteiger partial charge in [0.1, 0.15) is 0 Å². The van der Waals surface area contributed by atoms with Crippen molar-refractivity contribution in [1.29, 1.82) is 0 Å². The highest BCUT2D eigenvalue weighted by Crippen LogP contribution is 1.94. The quantitative estimate of drug-likeness (QED) is 0.586. The van der Waals surface area contributed by atoms with Crippen LogP contribution in [0.25, 0.3) is 0 Å². The van der Waals surface area contributed by atoms with E-state index in [0.717, 1.165) is 0 Å². The summed E-state index contributed by atoms with van der Waals surface area (Å²) in [5.74, 6) is 0. The molecule has 0 rings (SSSR count). The van der Waals surface area contributed by atoms with Gasteiger partial charge in [-0.2, -0.15) is 12.6 Å². The molecule has 0 spiro atoms. The Morgan fingerprint density at radius 2 is 2.11 bits per heavy atom. The molecule has 1 N–H and O–H groups in total. The molecule has 0 aliphatic carbocycles. The highest BCUT2D eigenvalue weighted by Gasteiger charge is 2.07.